The summed E-state index contributed by atoms with van der Waals surface area (Å²) in [5.74, 6) is -1.91. The van der Waals surface area contributed by atoms with E-state index in [1.165, 1.54) is 23.1 Å². The lowest BCUT2D eigenvalue weighted by Crippen LogP contribution is -2.33. The number of hydrogen-bond acceptors (Lipinski definition) is 4. The van der Waals surface area contributed by atoms with Crippen LogP contribution >= 0.6 is 11.6 Å². The lowest BCUT2D eigenvalue weighted by atomic mass is 10.1. The summed E-state index contributed by atoms with van der Waals surface area (Å²) in [6, 6.07) is 4.54. The van der Waals surface area contributed by atoms with Crippen LogP contribution < -0.4 is 4.90 Å². The fourth-order valence-electron chi connectivity index (χ4n) is 1.91. The molecule has 0 radical (unpaired) electrons. The summed E-state index contributed by atoms with van der Waals surface area (Å²) >= 11 is 5.87. The van der Waals surface area contributed by atoms with Crippen LogP contribution in [0, 0.1) is 0 Å². The Morgan fingerprint density at radius 1 is 1.40 bits per heavy atom. The van der Waals surface area contributed by atoms with E-state index in [1.54, 1.807) is 6.92 Å². The fourth-order valence-corrected chi connectivity index (χ4v) is 2.08. The summed E-state index contributed by atoms with van der Waals surface area (Å²) in [6.45, 7) is 5.37. The molecule has 0 N–H and O–H groups in total. The zero-order valence-corrected chi connectivity index (χ0v) is 11.6. The number of Topliss-reactive ketones (excluding diaryl/α,β-unsaturated/α-hetero) is 1. The Kier molecular flexibility index (Phi) is 3.90. The average molecular weight is 294 g/mol. The minimum atomic E-state index is -0.701. The van der Waals surface area contributed by atoms with Gasteiger partial charge in [0.15, 0.2) is 0 Å². The third-order valence-electron chi connectivity index (χ3n) is 2.85. The normalized spacial score (nSPS) is 13.4. The van der Waals surface area contributed by atoms with Crippen LogP contribution in [0.5, 0.6) is 0 Å². The first-order valence-electron chi connectivity index (χ1n) is 5.96. The van der Waals surface area contributed by atoms with E-state index in [9.17, 15) is 14.4 Å². The van der Waals surface area contributed by atoms with Crippen LogP contribution in [0.15, 0.2) is 30.4 Å². The molecular formula is C14H12ClNO4. The van der Waals surface area contributed by atoms with Crippen LogP contribution in [0.2, 0.25) is 5.02 Å². The highest BCUT2D eigenvalue weighted by molar-refractivity contribution is 6.52. The highest BCUT2D eigenvalue weighted by atomic mass is 35.5. The zero-order valence-electron chi connectivity index (χ0n) is 10.8. The van der Waals surface area contributed by atoms with Gasteiger partial charge in [0.05, 0.1) is 24.4 Å². The van der Waals surface area contributed by atoms with Gasteiger partial charge in [-0.25, -0.2) is 4.79 Å². The lowest BCUT2D eigenvalue weighted by molar-refractivity contribution is -0.138. The van der Waals surface area contributed by atoms with Gasteiger partial charge in [0.2, 0.25) is 0 Å². The van der Waals surface area contributed by atoms with Crippen LogP contribution in [0.3, 0.4) is 0 Å². The number of ether oxygens (including phenoxy) is 1. The van der Waals surface area contributed by atoms with Crippen molar-refractivity contribution in [2.45, 2.75) is 6.92 Å². The number of benzene rings is 1. The first-order chi connectivity index (χ1) is 9.45. The summed E-state index contributed by atoms with van der Waals surface area (Å²) in [7, 11) is 0. The van der Waals surface area contributed by atoms with Gasteiger partial charge in [-0.2, -0.15) is 0 Å². The van der Waals surface area contributed by atoms with Crippen molar-refractivity contribution in [1.82, 2.24) is 0 Å². The molecule has 0 aliphatic carbocycles. The topological polar surface area (TPSA) is 63.7 Å². The summed E-state index contributed by atoms with van der Waals surface area (Å²) in [4.78, 5) is 36.5. The fraction of sp³-hybridized carbons (Fsp3) is 0.214. The van der Waals surface area contributed by atoms with Crippen molar-refractivity contribution in [3.05, 3.63) is 40.9 Å². The molecule has 1 aliphatic rings. The maximum absolute atomic E-state index is 11.9. The maximum Gasteiger partial charge on any atom is 0.335 e. The van der Waals surface area contributed by atoms with E-state index in [2.05, 4.69) is 6.58 Å². The van der Waals surface area contributed by atoms with Gasteiger partial charge >= 0.3 is 5.97 Å². The van der Waals surface area contributed by atoms with Crippen LogP contribution in [-0.4, -0.2) is 30.8 Å². The standard InChI is InChI=1S/C14H12ClNO4/c1-3-20-14(19)8(2)7-16-11-6-9(15)4-5-10(11)12(17)13(16)18/h4-6H,2-3,7H2,1H3. The molecule has 0 spiro atoms. The molecule has 20 heavy (non-hydrogen) atoms. The van der Waals surface area contributed by atoms with Gasteiger partial charge in [-0.05, 0) is 25.1 Å². The van der Waals surface area contributed by atoms with Gasteiger partial charge in [0.25, 0.3) is 11.7 Å². The number of ketones is 1. The number of nitrogens with zero attached hydrogens (tertiary/aromatic N) is 1. The summed E-state index contributed by atoms with van der Waals surface area (Å²) < 4.78 is 4.80. The molecule has 0 atom stereocenters. The van der Waals surface area contributed by atoms with Crippen molar-refractivity contribution < 1.29 is 19.1 Å². The molecule has 2 rings (SSSR count). The lowest BCUT2D eigenvalue weighted by Gasteiger charge is -2.17. The quantitative estimate of drug-likeness (QED) is 0.484. The SMILES string of the molecule is C=C(CN1C(=O)C(=O)c2ccc(Cl)cc21)C(=O)OCC. The third kappa shape index (κ3) is 2.44. The van der Waals surface area contributed by atoms with Crippen molar-refractivity contribution >= 4 is 34.9 Å². The number of esters is 1. The first-order valence-corrected chi connectivity index (χ1v) is 6.34. The number of carbonyl (C=O) groups excluding carboxylic acids is 3. The molecule has 6 heteroatoms. The molecule has 104 valence electrons. The van der Waals surface area contributed by atoms with E-state index in [1.807, 2.05) is 0 Å². The van der Waals surface area contributed by atoms with Crippen molar-refractivity contribution in [3.63, 3.8) is 0 Å². The number of fused-ring (bicyclic) bond motifs is 1. The van der Waals surface area contributed by atoms with Crippen LogP contribution in [0.25, 0.3) is 0 Å². The predicted molar refractivity (Wildman–Crippen MR) is 73.9 cm³/mol. The highest BCUT2D eigenvalue weighted by Crippen LogP contribution is 2.31. The smallest absolute Gasteiger partial charge is 0.335 e. The highest BCUT2D eigenvalue weighted by Gasteiger charge is 2.36. The van der Waals surface area contributed by atoms with Crippen molar-refractivity contribution in [2.24, 2.45) is 0 Å². The summed E-state index contributed by atoms with van der Waals surface area (Å²) in [5.41, 5.74) is 0.759. The van der Waals surface area contributed by atoms with Crippen LogP contribution in [-0.2, 0) is 14.3 Å². The van der Waals surface area contributed by atoms with Crippen LogP contribution in [0.4, 0.5) is 5.69 Å². The summed E-state index contributed by atoms with van der Waals surface area (Å²) in [5, 5.41) is 0.401. The number of hydrogen-bond donors (Lipinski definition) is 0. The summed E-state index contributed by atoms with van der Waals surface area (Å²) in [6.07, 6.45) is 0. The molecule has 0 saturated carbocycles. The monoisotopic (exact) mass is 293 g/mol. The van der Waals surface area contributed by atoms with E-state index >= 15 is 0 Å². The second-order valence-corrected chi connectivity index (χ2v) is 4.64. The molecule has 1 heterocycles. The zero-order chi connectivity index (χ0) is 14.9. The van der Waals surface area contributed by atoms with Crippen LogP contribution in [0.1, 0.15) is 17.3 Å². The van der Waals surface area contributed by atoms with E-state index in [0.29, 0.717) is 10.7 Å². The second-order valence-electron chi connectivity index (χ2n) is 4.21. The maximum atomic E-state index is 11.9. The minimum Gasteiger partial charge on any atom is -0.463 e. The number of rotatable bonds is 4. The number of amides is 1. The molecule has 0 unspecified atom stereocenters. The van der Waals surface area contributed by atoms with Gasteiger partial charge in [0, 0.05) is 10.6 Å². The Morgan fingerprint density at radius 3 is 2.75 bits per heavy atom. The molecule has 5 nitrogen and oxygen atoms in total. The number of anilines is 1. The average Bonchev–Trinajstić information content (AvgIpc) is 2.64. The van der Waals surface area contributed by atoms with Gasteiger partial charge in [-0.15, -0.1) is 0 Å². The Labute approximate surface area is 120 Å². The molecule has 1 amide bonds. The molecular weight excluding hydrogens is 282 g/mol. The molecule has 1 aromatic rings. The van der Waals surface area contributed by atoms with Gasteiger partial charge in [-0.1, -0.05) is 18.2 Å². The van der Waals surface area contributed by atoms with Gasteiger partial charge < -0.3 is 9.64 Å². The predicted octanol–water partition coefficient (Wildman–Crippen LogP) is 1.99. The van der Waals surface area contributed by atoms with Crippen molar-refractivity contribution in [3.8, 4) is 0 Å². The molecule has 1 aliphatic heterocycles. The van der Waals surface area contributed by atoms with Crippen molar-refractivity contribution in [1.29, 1.82) is 0 Å². The van der Waals surface area contributed by atoms with E-state index in [-0.39, 0.29) is 24.3 Å². The molecule has 0 fully saturated rings. The molecule has 0 aromatic heterocycles. The largest absolute Gasteiger partial charge is 0.463 e. The van der Waals surface area contributed by atoms with Gasteiger partial charge in [-0.3, -0.25) is 9.59 Å². The Morgan fingerprint density at radius 2 is 2.10 bits per heavy atom. The molecule has 0 bridgehead atoms. The first kappa shape index (κ1) is 14.3. The third-order valence-corrected chi connectivity index (χ3v) is 3.08. The Balaban J connectivity index is 2.28. The number of halogens is 1. The van der Waals surface area contributed by atoms with E-state index < -0.39 is 17.7 Å². The van der Waals surface area contributed by atoms with E-state index in [4.69, 9.17) is 16.3 Å². The van der Waals surface area contributed by atoms with Crippen molar-refractivity contribution in [2.75, 3.05) is 18.1 Å². The van der Waals surface area contributed by atoms with Gasteiger partial charge in [0.1, 0.15) is 0 Å². The minimum absolute atomic E-state index is 0.0980. The Bertz CT molecular complexity index is 624. The number of carbonyl (C=O) groups is 3. The van der Waals surface area contributed by atoms with E-state index in [0.717, 1.165) is 0 Å². The molecule has 0 saturated heterocycles. The second kappa shape index (κ2) is 5.46. The Hall–Kier alpha value is -2.14. The molecule has 1 aromatic carbocycles.